The lowest BCUT2D eigenvalue weighted by atomic mass is 9.96. The summed E-state index contributed by atoms with van der Waals surface area (Å²) in [5.74, 6) is -0.204. The van der Waals surface area contributed by atoms with Gasteiger partial charge in [-0.2, -0.15) is 4.31 Å². The fourth-order valence-electron chi connectivity index (χ4n) is 3.51. The Balaban J connectivity index is 0.00000392. The number of benzene rings is 1. The molecule has 1 fully saturated rings. The van der Waals surface area contributed by atoms with E-state index in [1.165, 1.54) is 4.31 Å². The molecule has 1 heterocycles. The van der Waals surface area contributed by atoms with E-state index >= 15 is 0 Å². The fourth-order valence-corrected chi connectivity index (χ4v) is 5.56. The normalized spacial score (nSPS) is 16.5. The molecular formula is C20H34ClN3O3S. The van der Waals surface area contributed by atoms with Crippen LogP contribution in [0.15, 0.2) is 11.0 Å². The molecule has 3 N–H and O–H groups in total. The van der Waals surface area contributed by atoms with Crippen LogP contribution in [0.4, 0.5) is 0 Å². The van der Waals surface area contributed by atoms with Crippen LogP contribution >= 0.6 is 12.4 Å². The first-order valence-corrected chi connectivity index (χ1v) is 10.9. The van der Waals surface area contributed by atoms with Crippen LogP contribution in [0.1, 0.15) is 48.9 Å². The highest BCUT2D eigenvalue weighted by molar-refractivity contribution is 7.89. The number of halogens is 1. The molecule has 1 aromatic rings. The maximum atomic E-state index is 13.3. The Morgan fingerprint density at radius 2 is 1.61 bits per heavy atom. The molecule has 28 heavy (non-hydrogen) atoms. The van der Waals surface area contributed by atoms with Crippen molar-refractivity contribution in [3.8, 4) is 0 Å². The summed E-state index contributed by atoms with van der Waals surface area (Å²) in [6.45, 7) is 12.5. The Morgan fingerprint density at radius 1 is 1.14 bits per heavy atom. The third kappa shape index (κ3) is 5.47. The summed E-state index contributed by atoms with van der Waals surface area (Å²) in [5.41, 5.74) is 9.03. The second-order valence-electron chi connectivity index (χ2n) is 8.47. The second kappa shape index (κ2) is 9.11. The van der Waals surface area contributed by atoms with Gasteiger partial charge < -0.3 is 11.1 Å². The summed E-state index contributed by atoms with van der Waals surface area (Å²) >= 11 is 0. The third-order valence-corrected chi connectivity index (χ3v) is 7.61. The Bertz CT molecular complexity index is 798. The van der Waals surface area contributed by atoms with Crippen molar-refractivity contribution in [1.82, 2.24) is 9.62 Å². The fraction of sp³-hybridized carbons (Fsp3) is 0.650. The monoisotopic (exact) mass is 431 g/mol. The predicted octanol–water partition coefficient (Wildman–Crippen LogP) is 2.60. The minimum Gasteiger partial charge on any atom is -0.354 e. The molecule has 1 aromatic carbocycles. The Morgan fingerprint density at radius 3 is 2.04 bits per heavy atom. The topological polar surface area (TPSA) is 92.5 Å². The molecule has 0 saturated carbocycles. The number of carbonyl (C=O) groups excluding carboxylic acids is 1. The summed E-state index contributed by atoms with van der Waals surface area (Å²) in [7, 11) is -3.57. The number of sulfonamides is 1. The average molecular weight is 432 g/mol. The zero-order valence-corrected chi connectivity index (χ0v) is 19.4. The summed E-state index contributed by atoms with van der Waals surface area (Å²) in [5, 5.41) is 2.88. The average Bonchev–Trinajstić information content (AvgIpc) is 2.57. The van der Waals surface area contributed by atoms with Crippen LogP contribution in [0.2, 0.25) is 0 Å². The molecule has 0 atom stereocenters. The van der Waals surface area contributed by atoms with Crippen LogP contribution in [-0.2, 0) is 14.8 Å². The number of piperidine rings is 1. The van der Waals surface area contributed by atoms with Crippen LogP contribution in [0.3, 0.4) is 0 Å². The number of hydrogen-bond acceptors (Lipinski definition) is 4. The molecule has 0 unspecified atom stereocenters. The number of nitrogens with zero attached hydrogens (tertiary/aromatic N) is 1. The minimum absolute atomic E-state index is 0. The van der Waals surface area contributed by atoms with E-state index in [0.717, 1.165) is 22.3 Å². The highest BCUT2D eigenvalue weighted by atomic mass is 35.5. The molecule has 8 heteroatoms. The van der Waals surface area contributed by atoms with Crippen molar-refractivity contribution in [2.24, 2.45) is 11.7 Å². The third-order valence-electron chi connectivity index (χ3n) is 5.44. The number of hydrogen-bond donors (Lipinski definition) is 2. The molecule has 0 aliphatic carbocycles. The van der Waals surface area contributed by atoms with Gasteiger partial charge in [0.25, 0.3) is 0 Å². The maximum absolute atomic E-state index is 13.3. The number of rotatable bonds is 5. The van der Waals surface area contributed by atoms with Crippen LogP contribution in [0, 0.1) is 33.6 Å². The summed E-state index contributed by atoms with van der Waals surface area (Å²) < 4.78 is 28.1. The molecule has 0 bridgehead atoms. The lowest BCUT2D eigenvalue weighted by Gasteiger charge is -2.32. The van der Waals surface area contributed by atoms with Gasteiger partial charge in [0.2, 0.25) is 15.9 Å². The van der Waals surface area contributed by atoms with E-state index in [2.05, 4.69) is 5.32 Å². The number of amides is 1. The first-order valence-electron chi connectivity index (χ1n) is 9.48. The quantitative estimate of drug-likeness (QED) is 0.749. The van der Waals surface area contributed by atoms with E-state index in [-0.39, 0.29) is 24.2 Å². The van der Waals surface area contributed by atoms with Crippen molar-refractivity contribution in [2.45, 2.75) is 64.8 Å². The van der Waals surface area contributed by atoms with Gasteiger partial charge in [0, 0.05) is 31.1 Å². The first kappa shape index (κ1) is 24.9. The van der Waals surface area contributed by atoms with Gasteiger partial charge in [0.1, 0.15) is 0 Å². The van der Waals surface area contributed by atoms with Gasteiger partial charge in [-0.15, -0.1) is 12.4 Å². The SMILES string of the molecule is Cc1cc(C)c(C)c(S(=O)(=O)N2CCC(C(=O)NCC(C)(C)N)CC2)c1C.Cl. The van der Waals surface area contributed by atoms with Gasteiger partial charge >= 0.3 is 0 Å². The van der Waals surface area contributed by atoms with E-state index < -0.39 is 15.6 Å². The van der Waals surface area contributed by atoms with Crippen molar-refractivity contribution in [3.63, 3.8) is 0 Å². The lowest BCUT2D eigenvalue weighted by molar-refractivity contribution is -0.126. The van der Waals surface area contributed by atoms with E-state index in [1.54, 1.807) is 0 Å². The number of nitrogens with two attached hydrogens (primary N) is 1. The van der Waals surface area contributed by atoms with E-state index in [1.807, 2.05) is 47.6 Å². The molecule has 160 valence electrons. The smallest absolute Gasteiger partial charge is 0.243 e. The minimum atomic E-state index is -3.57. The van der Waals surface area contributed by atoms with Gasteiger partial charge in [-0.1, -0.05) is 6.07 Å². The van der Waals surface area contributed by atoms with E-state index in [0.29, 0.717) is 37.4 Å². The molecule has 6 nitrogen and oxygen atoms in total. The van der Waals surface area contributed by atoms with Gasteiger partial charge in [-0.05, 0) is 76.6 Å². The number of carbonyl (C=O) groups is 1. The second-order valence-corrected chi connectivity index (χ2v) is 10.3. The van der Waals surface area contributed by atoms with E-state index in [4.69, 9.17) is 5.73 Å². The van der Waals surface area contributed by atoms with Crippen molar-refractivity contribution >= 4 is 28.3 Å². The van der Waals surface area contributed by atoms with Gasteiger partial charge in [-0.25, -0.2) is 8.42 Å². The lowest BCUT2D eigenvalue weighted by Crippen LogP contribution is -2.48. The van der Waals surface area contributed by atoms with Crippen LogP contribution < -0.4 is 11.1 Å². The molecule has 0 spiro atoms. The Kier molecular flexibility index (Phi) is 8.10. The molecule has 1 aliphatic heterocycles. The summed E-state index contributed by atoms with van der Waals surface area (Å²) in [4.78, 5) is 12.8. The molecular weight excluding hydrogens is 398 g/mol. The molecule has 1 aliphatic rings. The van der Waals surface area contributed by atoms with Crippen molar-refractivity contribution < 1.29 is 13.2 Å². The zero-order chi connectivity index (χ0) is 20.6. The van der Waals surface area contributed by atoms with Gasteiger partial charge in [-0.3, -0.25) is 4.79 Å². The van der Waals surface area contributed by atoms with Crippen molar-refractivity contribution in [2.75, 3.05) is 19.6 Å². The van der Waals surface area contributed by atoms with Crippen LogP contribution in [0.5, 0.6) is 0 Å². The Labute approximate surface area is 175 Å². The van der Waals surface area contributed by atoms with E-state index in [9.17, 15) is 13.2 Å². The maximum Gasteiger partial charge on any atom is 0.243 e. The summed E-state index contributed by atoms with van der Waals surface area (Å²) in [6, 6.07) is 2.03. The molecule has 0 radical (unpaired) electrons. The van der Waals surface area contributed by atoms with Crippen LogP contribution in [-0.4, -0.2) is 43.8 Å². The van der Waals surface area contributed by atoms with Crippen LogP contribution in [0.25, 0.3) is 0 Å². The molecule has 1 amide bonds. The number of nitrogens with one attached hydrogen (secondary N) is 1. The standard InChI is InChI=1S/C20H33N3O3S.ClH/c1-13-11-14(2)16(4)18(15(13)3)27(25,26)23-9-7-17(8-10-23)19(24)22-12-20(5,6)21;/h11,17H,7-10,12,21H2,1-6H3,(H,22,24);1H. The molecule has 2 rings (SSSR count). The van der Waals surface area contributed by atoms with Gasteiger partial charge in [0.15, 0.2) is 0 Å². The predicted molar refractivity (Wildman–Crippen MR) is 115 cm³/mol. The highest BCUT2D eigenvalue weighted by Gasteiger charge is 2.34. The van der Waals surface area contributed by atoms with Crippen molar-refractivity contribution in [3.05, 3.63) is 28.3 Å². The summed E-state index contributed by atoms with van der Waals surface area (Å²) in [6.07, 6.45) is 1.05. The zero-order valence-electron chi connectivity index (χ0n) is 17.8. The Hall–Kier alpha value is -1.15. The first-order chi connectivity index (χ1) is 12.3. The van der Waals surface area contributed by atoms with Gasteiger partial charge in [0.05, 0.1) is 4.90 Å². The molecule has 1 saturated heterocycles. The van der Waals surface area contributed by atoms with Crippen molar-refractivity contribution in [1.29, 1.82) is 0 Å². The number of aryl methyl sites for hydroxylation is 2. The largest absolute Gasteiger partial charge is 0.354 e. The highest BCUT2D eigenvalue weighted by Crippen LogP contribution is 2.31. The molecule has 0 aromatic heterocycles.